The van der Waals surface area contributed by atoms with Gasteiger partial charge in [0.25, 0.3) is 5.91 Å². The van der Waals surface area contributed by atoms with E-state index in [-0.39, 0.29) is 18.0 Å². The van der Waals surface area contributed by atoms with Gasteiger partial charge in [-0.1, -0.05) is 20.8 Å². The van der Waals surface area contributed by atoms with Crippen molar-refractivity contribution in [2.75, 3.05) is 20.3 Å². The lowest BCUT2D eigenvalue weighted by Crippen LogP contribution is -2.43. The zero-order valence-corrected chi connectivity index (χ0v) is 17.5. The molecule has 1 N–H and O–H groups in total. The Morgan fingerprint density at radius 1 is 1.15 bits per heavy atom. The molecule has 0 saturated carbocycles. The van der Waals surface area contributed by atoms with Gasteiger partial charge in [0.1, 0.15) is 0 Å². The molecule has 0 bridgehead atoms. The predicted octanol–water partition coefficient (Wildman–Crippen LogP) is 4.11. The number of carbonyl (C=O) groups is 1. The molecule has 0 fully saturated rings. The number of benzene rings is 1. The Kier molecular flexibility index (Phi) is 9.49. The Labute approximate surface area is 159 Å². The molecule has 26 heavy (non-hydrogen) atoms. The van der Waals surface area contributed by atoms with Gasteiger partial charge < -0.3 is 19.7 Å². The van der Waals surface area contributed by atoms with Crippen LogP contribution in [0.15, 0.2) is 18.2 Å². The number of ether oxygens (including phenoxy) is 2. The third kappa shape index (κ3) is 6.52. The van der Waals surface area contributed by atoms with E-state index in [0.717, 1.165) is 19.4 Å². The number of nitrogens with zero attached hydrogens (tertiary/aromatic N) is 1. The minimum Gasteiger partial charge on any atom is -0.493 e. The Hall–Kier alpha value is -1.75. The van der Waals surface area contributed by atoms with Crippen molar-refractivity contribution in [3.05, 3.63) is 23.8 Å². The summed E-state index contributed by atoms with van der Waals surface area (Å²) in [5, 5.41) is 3.36. The number of hydrogen-bond donors (Lipinski definition) is 1. The quantitative estimate of drug-likeness (QED) is 0.600. The Balaban J connectivity index is 2.88. The molecule has 1 rings (SSSR count). The smallest absolute Gasteiger partial charge is 0.254 e. The monoisotopic (exact) mass is 364 g/mol. The van der Waals surface area contributed by atoms with E-state index in [1.165, 1.54) is 0 Å². The van der Waals surface area contributed by atoms with E-state index >= 15 is 0 Å². The molecule has 0 saturated heterocycles. The van der Waals surface area contributed by atoms with Gasteiger partial charge in [0.15, 0.2) is 11.5 Å². The molecule has 5 heteroatoms. The molecule has 1 aromatic rings. The van der Waals surface area contributed by atoms with E-state index in [1.807, 2.05) is 30.9 Å². The number of hydrogen-bond acceptors (Lipinski definition) is 4. The van der Waals surface area contributed by atoms with Gasteiger partial charge in [0.05, 0.1) is 13.7 Å². The molecule has 0 radical (unpaired) electrons. The zero-order chi connectivity index (χ0) is 19.7. The lowest BCUT2D eigenvalue weighted by molar-refractivity contribution is 0.0621. The minimum absolute atomic E-state index is 0.0309. The highest BCUT2D eigenvalue weighted by molar-refractivity contribution is 5.95. The molecule has 0 aliphatic carbocycles. The van der Waals surface area contributed by atoms with Crippen molar-refractivity contribution < 1.29 is 14.3 Å². The zero-order valence-electron chi connectivity index (χ0n) is 17.5. The van der Waals surface area contributed by atoms with Gasteiger partial charge >= 0.3 is 0 Å². The van der Waals surface area contributed by atoms with Gasteiger partial charge in [-0.3, -0.25) is 4.79 Å². The Bertz CT molecular complexity index is 558. The molecule has 0 aromatic heterocycles. The number of carbonyl (C=O) groups excluding carboxylic acids is 1. The van der Waals surface area contributed by atoms with Crippen LogP contribution in [0.3, 0.4) is 0 Å². The maximum atomic E-state index is 13.0. The average Bonchev–Trinajstić information content (AvgIpc) is 2.60. The van der Waals surface area contributed by atoms with Gasteiger partial charge in [-0.05, 0) is 58.4 Å². The van der Waals surface area contributed by atoms with E-state index in [0.29, 0.717) is 29.7 Å². The maximum Gasteiger partial charge on any atom is 0.254 e. The second kappa shape index (κ2) is 11.1. The van der Waals surface area contributed by atoms with Crippen molar-refractivity contribution in [1.29, 1.82) is 0 Å². The topological polar surface area (TPSA) is 50.8 Å². The minimum atomic E-state index is 0.0309. The summed E-state index contributed by atoms with van der Waals surface area (Å²) >= 11 is 0. The lowest BCUT2D eigenvalue weighted by atomic mass is 10.1. The summed E-state index contributed by atoms with van der Waals surface area (Å²) in [6.45, 7) is 14.0. The molecule has 0 heterocycles. The van der Waals surface area contributed by atoms with Crippen molar-refractivity contribution in [3.8, 4) is 11.5 Å². The SMILES string of the molecule is CC[C@@H](C)N(C(=O)c1ccc(OC)c(OCCCNC(C)C)c1)C(C)C. The van der Waals surface area contributed by atoms with Crippen molar-refractivity contribution in [3.63, 3.8) is 0 Å². The summed E-state index contributed by atoms with van der Waals surface area (Å²) in [6.07, 6.45) is 1.82. The van der Waals surface area contributed by atoms with Gasteiger partial charge in [-0.15, -0.1) is 0 Å². The second-order valence-corrected chi connectivity index (χ2v) is 7.24. The van der Waals surface area contributed by atoms with Crippen LogP contribution >= 0.6 is 0 Å². The number of amides is 1. The number of methoxy groups -OCH3 is 1. The van der Waals surface area contributed by atoms with E-state index < -0.39 is 0 Å². The molecular weight excluding hydrogens is 328 g/mol. The Morgan fingerprint density at radius 2 is 1.85 bits per heavy atom. The van der Waals surface area contributed by atoms with Crippen LogP contribution < -0.4 is 14.8 Å². The first-order chi connectivity index (χ1) is 12.3. The van der Waals surface area contributed by atoms with E-state index in [4.69, 9.17) is 9.47 Å². The Morgan fingerprint density at radius 3 is 2.38 bits per heavy atom. The van der Waals surface area contributed by atoms with Crippen molar-refractivity contribution in [1.82, 2.24) is 10.2 Å². The second-order valence-electron chi connectivity index (χ2n) is 7.24. The number of rotatable bonds is 11. The first-order valence-electron chi connectivity index (χ1n) is 9.68. The van der Waals surface area contributed by atoms with Crippen LogP contribution in [-0.2, 0) is 0 Å². The summed E-state index contributed by atoms with van der Waals surface area (Å²) in [5.41, 5.74) is 0.634. The molecule has 1 amide bonds. The van der Waals surface area contributed by atoms with Gasteiger partial charge in [0.2, 0.25) is 0 Å². The van der Waals surface area contributed by atoms with E-state index in [2.05, 4.69) is 33.0 Å². The fraction of sp³-hybridized carbons (Fsp3) is 0.667. The molecule has 1 atom stereocenters. The third-order valence-electron chi connectivity index (χ3n) is 4.40. The van der Waals surface area contributed by atoms with Crippen LogP contribution in [0.4, 0.5) is 0 Å². The molecule has 5 nitrogen and oxygen atoms in total. The maximum absolute atomic E-state index is 13.0. The largest absolute Gasteiger partial charge is 0.493 e. The third-order valence-corrected chi connectivity index (χ3v) is 4.40. The van der Waals surface area contributed by atoms with Gasteiger partial charge in [-0.25, -0.2) is 0 Å². The fourth-order valence-electron chi connectivity index (χ4n) is 2.86. The van der Waals surface area contributed by atoms with Crippen LogP contribution in [0.1, 0.15) is 64.7 Å². The standard InChI is InChI=1S/C21H36N2O3/c1-8-17(6)23(16(4)5)21(24)18-10-11-19(25-7)20(14-18)26-13-9-12-22-15(2)3/h10-11,14-17,22H,8-9,12-13H2,1-7H3/t17-/m1/s1. The molecule has 0 aliphatic rings. The predicted molar refractivity (Wildman–Crippen MR) is 107 cm³/mol. The van der Waals surface area contributed by atoms with Crippen molar-refractivity contribution in [2.45, 2.75) is 72.5 Å². The fourth-order valence-corrected chi connectivity index (χ4v) is 2.86. The van der Waals surface area contributed by atoms with E-state index in [1.54, 1.807) is 13.2 Å². The highest BCUT2D eigenvalue weighted by Gasteiger charge is 2.24. The van der Waals surface area contributed by atoms with Crippen molar-refractivity contribution >= 4 is 5.91 Å². The summed E-state index contributed by atoms with van der Waals surface area (Å²) in [5.74, 6) is 1.30. The van der Waals surface area contributed by atoms with Crippen LogP contribution in [0, 0.1) is 0 Å². The molecule has 0 unspecified atom stereocenters. The van der Waals surface area contributed by atoms with Crippen LogP contribution in [0.5, 0.6) is 11.5 Å². The molecule has 1 aromatic carbocycles. The molecular formula is C21H36N2O3. The van der Waals surface area contributed by atoms with E-state index in [9.17, 15) is 4.79 Å². The van der Waals surface area contributed by atoms with Crippen LogP contribution in [-0.4, -0.2) is 49.2 Å². The first-order valence-corrected chi connectivity index (χ1v) is 9.68. The normalized spacial score (nSPS) is 12.3. The van der Waals surface area contributed by atoms with Crippen LogP contribution in [0.2, 0.25) is 0 Å². The molecule has 148 valence electrons. The lowest BCUT2D eigenvalue weighted by Gasteiger charge is -2.32. The molecule has 0 aliphatic heterocycles. The van der Waals surface area contributed by atoms with Crippen LogP contribution in [0.25, 0.3) is 0 Å². The first kappa shape index (κ1) is 22.3. The van der Waals surface area contributed by atoms with Gasteiger partial charge in [-0.2, -0.15) is 0 Å². The highest BCUT2D eigenvalue weighted by Crippen LogP contribution is 2.29. The summed E-state index contributed by atoms with van der Waals surface area (Å²) in [6, 6.07) is 6.22. The summed E-state index contributed by atoms with van der Waals surface area (Å²) in [4.78, 5) is 14.9. The molecule has 0 spiro atoms. The highest BCUT2D eigenvalue weighted by atomic mass is 16.5. The average molecular weight is 365 g/mol. The number of nitrogens with one attached hydrogen (secondary N) is 1. The summed E-state index contributed by atoms with van der Waals surface area (Å²) in [7, 11) is 1.61. The van der Waals surface area contributed by atoms with Crippen molar-refractivity contribution in [2.24, 2.45) is 0 Å². The van der Waals surface area contributed by atoms with Gasteiger partial charge in [0, 0.05) is 23.7 Å². The summed E-state index contributed by atoms with van der Waals surface area (Å²) < 4.78 is 11.3.